The Kier molecular flexibility index (Phi) is 4.40. The van der Waals surface area contributed by atoms with Crippen molar-refractivity contribution in [2.75, 3.05) is 6.61 Å². The first-order valence-electron chi connectivity index (χ1n) is 5.00. The molecular formula is C8H10F3NO6S. The molecule has 1 amide bonds. The van der Waals surface area contributed by atoms with Crippen molar-refractivity contribution in [1.29, 1.82) is 0 Å². The monoisotopic (exact) mass is 305 g/mol. The number of nitrogens with one attached hydrogen (secondary N) is 1. The Balaban J connectivity index is 2.53. The lowest BCUT2D eigenvalue weighted by molar-refractivity contribution is -0.151. The normalized spacial score (nSPS) is 21.9. The van der Waals surface area contributed by atoms with Crippen LogP contribution in [0, 0.1) is 0 Å². The van der Waals surface area contributed by atoms with Crippen LogP contribution in [0.5, 0.6) is 0 Å². The van der Waals surface area contributed by atoms with Crippen LogP contribution in [-0.4, -0.2) is 48.9 Å². The lowest BCUT2D eigenvalue weighted by Gasteiger charge is -2.18. The molecule has 11 heteroatoms. The molecule has 1 rings (SSSR count). The van der Waals surface area contributed by atoms with Gasteiger partial charge >= 0.3 is 21.3 Å². The van der Waals surface area contributed by atoms with E-state index in [0.717, 1.165) is 0 Å². The number of esters is 1. The summed E-state index contributed by atoms with van der Waals surface area (Å²) in [5.74, 6) is -1.60. The summed E-state index contributed by atoms with van der Waals surface area (Å²) in [4.78, 5) is 22.0. The van der Waals surface area contributed by atoms with Crippen LogP contribution in [0.25, 0.3) is 0 Å². The molecule has 110 valence electrons. The number of alkyl halides is 3. The van der Waals surface area contributed by atoms with Crippen LogP contribution in [0.3, 0.4) is 0 Å². The summed E-state index contributed by atoms with van der Waals surface area (Å²) in [7, 11) is -5.95. The third kappa shape index (κ3) is 3.56. The van der Waals surface area contributed by atoms with Gasteiger partial charge in [-0.15, -0.1) is 0 Å². The smallest absolute Gasteiger partial charge is 0.403 e. The van der Waals surface area contributed by atoms with Crippen molar-refractivity contribution in [2.45, 2.75) is 30.3 Å². The van der Waals surface area contributed by atoms with E-state index in [9.17, 15) is 31.2 Å². The molecule has 2 N–H and O–H groups in total. The highest BCUT2D eigenvalue weighted by atomic mass is 32.2. The summed E-state index contributed by atoms with van der Waals surface area (Å²) in [6, 6.07) is -1.07. The highest BCUT2D eigenvalue weighted by Crippen LogP contribution is 2.27. The first-order valence-corrected chi connectivity index (χ1v) is 6.44. The Morgan fingerprint density at radius 3 is 2.58 bits per heavy atom. The maximum atomic E-state index is 12.9. The molecule has 1 heterocycles. The Labute approximate surface area is 105 Å². The van der Waals surface area contributed by atoms with Crippen molar-refractivity contribution >= 4 is 22.0 Å². The Morgan fingerprint density at radius 1 is 1.58 bits per heavy atom. The van der Waals surface area contributed by atoms with Gasteiger partial charge < -0.3 is 10.1 Å². The molecule has 0 aromatic carbocycles. The molecular weight excluding hydrogens is 295 g/mol. The van der Waals surface area contributed by atoms with Crippen LogP contribution in [-0.2, 0) is 24.4 Å². The average molecular weight is 305 g/mol. The molecule has 0 radical (unpaired) electrons. The van der Waals surface area contributed by atoms with Crippen LogP contribution in [0.1, 0.15) is 12.8 Å². The summed E-state index contributed by atoms with van der Waals surface area (Å²) in [6.07, 6.45) is -3.30. The van der Waals surface area contributed by atoms with Gasteiger partial charge in [-0.05, 0) is 6.42 Å². The molecule has 0 aromatic heterocycles. The van der Waals surface area contributed by atoms with Crippen molar-refractivity contribution in [3.8, 4) is 0 Å². The Morgan fingerprint density at radius 2 is 2.16 bits per heavy atom. The molecule has 1 aliphatic rings. The zero-order chi connectivity index (χ0) is 14.8. The van der Waals surface area contributed by atoms with E-state index in [1.54, 1.807) is 0 Å². The summed E-state index contributed by atoms with van der Waals surface area (Å²) < 4.78 is 71.1. The lowest BCUT2D eigenvalue weighted by atomic mass is 10.2. The largest absolute Gasteiger partial charge is 0.461 e. The molecule has 0 spiro atoms. The van der Waals surface area contributed by atoms with Gasteiger partial charge in [0.15, 0.2) is 0 Å². The summed E-state index contributed by atoms with van der Waals surface area (Å²) >= 11 is 0. The van der Waals surface area contributed by atoms with Gasteiger partial charge in [0.1, 0.15) is 12.6 Å². The van der Waals surface area contributed by atoms with Crippen LogP contribution in [0.15, 0.2) is 0 Å². The minimum atomic E-state index is -5.95. The van der Waals surface area contributed by atoms with E-state index in [0.29, 0.717) is 0 Å². The standard InChI is InChI=1S/C8H10F3NO6S/c9-5(8(10,11)19(15,16)17)3-18-7(14)4-1-2-6(13)12-4/h4-5H,1-3H2,(H,12,13)(H,15,16,17). The average Bonchev–Trinajstić information content (AvgIpc) is 2.70. The topological polar surface area (TPSA) is 110 Å². The van der Waals surface area contributed by atoms with E-state index >= 15 is 0 Å². The molecule has 1 saturated heterocycles. The maximum absolute atomic E-state index is 12.9. The number of rotatable bonds is 5. The predicted molar refractivity (Wildman–Crippen MR) is 53.5 cm³/mol. The third-order valence-electron chi connectivity index (χ3n) is 2.36. The molecule has 1 aliphatic heterocycles. The van der Waals surface area contributed by atoms with E-state index in [2.05, 4.69) is 10.1 Å². The quantitative estimate of drug-likeness (QED) is 0.529. The van der Waals surface area contributed by atoms with Gasteiger partial charge in [0, 0.05) is 6.42 Å². The summed E-state index contributed by atoms with van der Waals surface area (Å²) in [5, 5.41) is -2.92. The molecule has 1 fully saturated rings. The molecule has 0 aromatic rings. The molecule has 7 nitrogen and oxygen atoms in total. The zero-order valence-corrected chi connectivity index (χ0v) is 10.1. The molecule has 2 atom stereocenters. The minimum absolute atomic E-state index is 0.0417. The highest BCUT2D eigenvalue weighted by Gasteiger charge is 2.53. The predicted octanol–water partition coefficient (Wildman–Crippen LogP) is -0.373. The van der Waals surface area contributed by atoms with Gasteiger partial charge in [0.05, 0.1) is 0 Å². The summed E-state index contributed by atoms with van der Waals surface area (Å²) in [5.41, 5.74) is 0. The van der Waals surface area contributed by atoms with Gasteiger partial charge in [-0.3, -0.25) is 9.35 Å². The van der Waals surface area contributed by atoms with E-state index in [1.165, 1.54) is 0 Å². The third-order valence-corrected chi connectivity index (χ3v) is 3.30. The SMILES string of the molecule is O=C1CCC(C(=O)OCC(F)C(F)(F)S(=O)(=O)O)N1. The van der Waals surface area contributed by atoms with Gasteiger partial charge in [0.2, 0.25) is 12.1 Å². The zero-order valence-electron chi connectivity index (χ0n) is 9.31. The fraction of sp³-hybridized carbons (Fsp3) is 0.750. The number of carbonyl (C=O) groups excluding carboxylic acids is 2. The van der Waals surface area contributed by atoms with Crippen LogP contribution < -0.4 is 5.32 Å². The number of ether oxygens (including phenoxy) is 1. The van der Waals surface area contributed by atoms with Crippen molar-refractivity contribution in [1.82, 2.24) is 5.32 Å². The van der Waals surface area contributed by atoms with Crippen LogP contribution in [0.2, 0.25) is 0 Å². The molecule has 2 unspecified atom stereocenters. The van der Waals surface area contributed by atoms with Crippen molar-refractivity contribution in [3.05, 3.63) is 0 Å². The Hall–Kier alpha value is -1.36. The minimum Gasteiger partial charge on any atom is -0.461 e. The number of hydrogen-bond acceptors (Lipinski definition) is 5. The van der Waals surface area contributed by atoms with E-state index in [4.69, 9.17) is 4.55 Å². The fourth-order valence-corrected chi connectivity index (χ4v) is 1.70. The second kappa shape index (κ2) is 5.33. The first kappa shape index (κ1) is 15.7. The van der Waals surface area contributed by atoms with Crippen molar-refractivity contribution in [2.24, 2.45) is 0 Å². The summed E-state index contributed by atoms with van der Waals surface area (Å²) in [6.45, 7) is -1.56. The van der Waals surface area contributed by atoms with Crippen LogP contribution >= 0.6 is 0 Å². The molecule has 0 saturated carbocycles. The molecule has 19 heavy (non-hydrogen) atoms. The van der Waals surface area contributed by atoms with Crippen molar-refractivity contribution in [3.63, 3.8) is 0 Å². The highest BCUT2D eigenvalue weighted by molar-refractivity contribution is 7.86. The Bertz CT molecular complexity index is 479. The van der Waals surface area contributed by atoms with E-state index in [-0.39, 0.29) is 12.8 Å². The maximum Gasteiger partial charge on any atom is 0.403 e. The fourth-order valence-electron chi connectivity index (χ4n) is 1.31. The van der Waals surface area contributed by atoms with Gasteiger partial charge in [-0.25, -0.2) is 9.18 Å². The van der Waals surface area contributed by atoms with E-state index < -0.39 is 46.1 Å². The van der Waals surface area contributed by atoms with Gasteiger partial charge in [-0.1, -0.05) is 0 Å². The number of carbonyl (C=O) groups is 2. The van der Waals surface area contributed by atoms with E-state index in [1.807, 2.05) is 0 Å². The van der Waals surface area contributed by atoms with Gasteiger partial charge in [-0.2, -0.15) is 17.2 Å². The number of amides is 1. The lowest BCUT2D eigenvalue weighted by Crippen LogP contribution is -2.43. The second-order valence-corrected chi connectivity index (χ2v) is 5.29. The van der Waals surface area contributed by atoms with Gasteiger partial charge in [0.25, 0.3) is 0 Å². The first-order chi connectivity index (χ1) is 8.55. The van der Waals surface area contributed by atoms with Crippen molar-refractivity contribution < 1.29 is 40.5 Å². The number of halogens is 3. The molecule has 0 bridgehead atoms. The number of hydrogen-bond donors (Lipinski definition) is 2. The second-order valence-electron chi connectivity index (χ2n) is 3.79. The van der Waals surface area contributed by atoms with Crippen LogP contribution in [0.4, 0.5) is 13.2 Å². The molecule has 0 aliphatic carbocycles.